The average molecular weight is 290 g/mol. The Hall–Kier alpha value is -2.48. The van der Waals surface area contributed by atoms with Crippen molar-refractivity contribution in [1.29, 1.82) is 0 Å². The highest BCUT2D eigenvalue weighted by atomic mass is 16.6. The van der Waals surface area contributed by atoms with Crippen LogP contribution in [0.1, 0.15) is 18.1 Å². The zero-order valence-electron chi connectivity index (χ0n) is 11.4. The lowest BCUT2D eigenvalue weighted by molar-refractivity contribution is -0.385. The molecular weight excluding hydrogens is 276 g/mol. The third kappa shape index (κ3) is 2.13. The van der Waals surface area contributed by atoms with E-state index in [1.807, 2.05) is 6.92 Å². The third-order valence-corrected chi connectivity index (χ3v) is 3.92. The lowest BCUT2D eigenvalue weighted by Crippen LogP contribution is -2.33. The number of nitrogens with one attached hydrogen (secondary N) is 2. The fraction of sp³-hybridized carbons (Fsp3) is 0.385. The minimum Gasteiger partial charge on any atom is -0.316 e. The van der Waals surface area contributed by atoms with Gasteiger partial charge in [-0.25, -0.2) is 0 Å². The van der Waals surface area contributed by atoms with E-state index in [0.29, 0.717) is 29.6 Å². The summed E-state index contributed by atoms with van der Waals surface area (Å²) in [5.41, 5.74) is 0.601. The Morgan fingerprint density at radius 2 is 2.00 bits per heavy atom. The molecule has 8 heteroatoms. The van der Waals surface area contributed by atoms with E-state index in [2.05, 4.69) is 14.9 Å². The molecule has 0 saturated carbocycles. The number of nitro benzene ring substituents is 1. The van der Waals surface area contributed by atoms with E-state index < -0.39 is 16.0 Å². The second-order valence-corrected chi connectivity index (χ2v) is 5.06. The third-order valence-electron chi connectivity index (χ3n) is 3.92. The van der Waals surface area contributed by atoms with Gasteiger partial charge in [-0.1, -0.05) is 6.92 Å². The number of rotatable bonds is 2. The number of likely N-dealkylation sites (N-methyl/N-ethyl adjacent to an activating group) is 1. The normalized spacial score (nSPS) is 15.1. The van der Waals surface area contributed by atoms with Crippen LogP contribution in [0.3, 0.4) is 0 Å². The quantitative estimate of drug-likeness (QED) is 0.475. The molecule has 0 atom stereocenters. The first-order valence-corrected chi connectivity index (χ1v) is 6.69. The van der Waals surface area contributed by atoms with Gasteiger partial charge < -0.3 is 9.97 Å². The van der Waals surface area contributed by atoms with E-state index in [-0.39, 0.29) is 5.69 Å². The van der Waals surface area contributed by atoms with Crippen LogP contribution in [0, 0.1) is 10.1 Å². The highest BCUT2D eigenvalue weighted by Gasteiger charge is 2.27. The van der Waals surface area contributed by atoms with Crippen molar-refractivity contribution in [3.8, 4) is 0 Å². The molecule has 0 spiro atoms. The Morgan fingerprint density at radius 3 is 2.67 bits per heavy atom. The molecule has 1 aromatic carbocycles. The zero-order valence-corrected chi connectivity index (χ0v) is 11.4. The van der Waals surface area contributed by atoms with Crippen molar-refractivity contribution >= 4 is 16.7 Å². The van der Waals surface area contributed by atoms with Crippen molar-refractivity contribution in [2.75, 3.05) is 13.1 Å². The topological polar surface area (TPSA) is 112 Å². The average Bonchev–Trinajstić information content (AvgIpc) is 2.47. The molecule has 0 fully saturated rings. The molecule has 0 aliphatic carbocycles. The van der Waals surface area contributed by atoms with E-state index in [4.69, 9.17) is 0 Å². The van der Waals surface area contributed by atoms with Gasteiger partial charge in [0.1, 0.15) is 0 Å². The second kappa shape index (κ2) is 4.81. The fourth-order valence-electron chi connectivity index (χ4n) is 2.81. The lowest BCUT2D eigenvalue weighted by Gasteiger charge is -2.27. The van der Waals surface area contributed by atoms with Gasteiger partial charge in [-0.3, -0.25) is 24.6 Å². The molecule has 8 nitrogen and oxygen atoms in total. The summed E-state index contributed by atoms with van der Waals surface area (Å²) in [4.78, 5) is 40.8. The zero-order chi connectivity index (χ0) is 15.1. The molecule has 0 unspecified atom stereocenters. The Morgan fingerprint density at radius 1 is 1.29 bits per heavy atom. The summed E-state index contributed by atoms with van der Waals surface area (Å²) >= 11 is 0. The van der Waals surface area contributed by atoms with E-state index in [0.717, 1.165) is 18.7 Å². The largest absolute Gasteiger partial charge is 0.316 e. The van der Waals surface area contributed by atoms with Gasteiger partial charge in [-0.15, -0.1) is 0 Å². The first-order valence-electron chi connectivity index (χ1n) is 6.69. The van der Waals surface area contributed by atoms with Crippen LogP contribution in [0.15, 0.2) is 15.7 Å². The Kier molecular flexibility index (Phi) is 3.09. The molecule has 2 heterocycles. The van der Waals surface area contributed by atoms with Crippen molar-refractivity contribution in [3.63, 3.8) is 0 Å². The molecular formula is C13H14N4O4. The van der Waals surface area contributed by atoms with Gasteiger partial charge >= 0.3 is 11.1 Å². The van der Waals surface area contributed by atoms with E-state index in [1.165, 1.54) is 6.07 Å². The number of benzene rings is 1. The van der Waals surface area contributed by atoms with Crippen LogP contribution in [-0.4, -0.2) is 32.9 Å². The summed E-state index contributed by atoms with van der Waals surface area (Å²) in [6.07, 6.45) is 0.601. The molecule has 3 rings (SSSR count). The maximum absolute atomic E-state index is 11.5. The van der Waals surface area contributed by atoms with Gasteiger partial charge in [0.05, 0.1) is 16.0 Å². The minimum atomic E-state index is -0.803. The number of H-pyrrole nitrogens is 2. The van der Waals surface area contributed by atoms with Gasteiger partial charge in [0.2, 0.25) is 0 Å². The van der Waals surface area contributed by atoms with Crippen molar-refractivity contribution < 1.29 is 4.92 Å². The summed E-state index contributed by atoms with van der Waals surface area (Å²) in [5.74, 6) is 0. The van der Waals surface area contributed by atoms with Crippen LogP contribution >= 0.6 is 0 Å². The monoisotopic (exact) mass is 290 g/mol. The minimum absolute atomic E-state index is 0.0154. The number of aromatic amines is 2. The number of nitrogens with zero attached hydrogens (tertiary/aromatic N) is 2. The maximum atomic E-state index is 11.5. The predicted octanol–water partition coefficient (Wildman–Crippen LogP) is 0.503. The molecule has 0 bridgehead atoms. The Balaban J connectivity index is 2.36. The number of aromatic nitrogens is 2. The summed E-state index contributed by atoms with van der Waals surface area (Å²) in [5, 5.41) is 11.3. The number of hydrogen-bond donors (Lipinski definition) is 2. The standard InChI is InChI=1S/C13H14N4O4/c1-2-16-4-3-7-8(6-16)10(17(20)21)5-9-11(7)15-13(19)12(18)14-9/h5H,2-4,6H2,1H3,(H,14,18)(H,15,19). The first-order chi connectivity index (χ1) is 10.0. The molecule has 1 aromatic heterocycles. The Labute approximate surface area is 118 Å². The maximum Gasteiger partial charge on any atom is 0.314 e. The molecule has 2 N–H and O–H groups in total. The molecule has 1 aliphatic rings. The molecule has 0 radical (unpaired) electrons. The van der Waals surface area contributed by atoms with E-state index in [9.17, 15) is 19.7 Å². The van der Waals surface area contributed by atoms with Crippen molar-refractivity contribution in [3.05, 3.63) is 48.0 Å². The SMILES string of the molecule is CCN1CCc2c(c([N+](=O)[O-])cc3[nH]c(=O)c(=O)[nH]c23)C1. The fourth-order valence-corrected chi connectivity index (χ4v) is 2.81. The van der Waals surface area contributed by atoms with Crippen LogP contribution in [0.4, 0.5) is 5.69 Å². The van der Waals surface area contributed by atoms with Crippen LogP contribution in [0.2, 0.25) is 0 Å². The number of hydrogen-bond acceptors (Lipinski definition) is 5. The first kappa shape index (κ1) is 13.5. The highest BCUT2D eigenvalue weighted by molar-refractivity contribution is 5.83. The molecule has 0 saturated heterocycles. The smallest absolute Gasteiger partial charge is 0.314 e. The summed E-state index contributed by atoms with van der Waals surface area (Å²) < 4.78 is 0. The van der Waals surface area contributed by atoms with E-state index >= 15 is 0 Å². The molecule has 1 aliphatic heterocycles. The van der Waals surface area contributed by atoms with Crippen LogP contribution < -0.4 is 11.1 Å². The van der Waals surface area contributed by atoms with Gasteiger partial charge in [-0.05, 0) is 18.5 Å². The predicted molar refractivity (Wildman–Crippen MR) is 76.5 cm³/mol. The van der Waals surface area contributed by atoms with Gasteiger partial charge in [0.25, 0.3) is 5.69 Å². The lowest BCUT2D eigenvalue weighted by atomic mass is 9.96. The molecule has 0 amide bonds. The van der Waals surface area contributed by atoms with E-state index in [1.54, 1.807) is 0 Å². The highest BCUT2D eigenvalue weighted by Crippen LogP contribution is 2.32. The second-order valence-electron chi connectivity index (χ2n) is 5.06. The summed E-state index contributed by atoms with van der Waals surface area (Å²) in [6, 6.07) is 1.32. The van der Waals surface area contributed by atoms with Crippen LogP contribution in [0.5, 0.6) is 0 Å². The number of fused-ring (bicyclic) bond motifs is 3. The van der Waals surface area contributed by atoms with Crippen molar-refractivity contribution in [2.45, 2.75) is 19.9 Å². The van der Waals surface area contributed by atoms with Crippen LogP contribution in [0.25, 0.3) is 11.0 Å². The number of nitro groups is 1. The Bertz CT molecular complexity index is 852. The molecule has 2 aromatic rings. The van der Waals surface area contributed by atoms with Gasteiger partial charge in [-0.2, -0.15) is 0 Å². The van der Waals surface area contributed by atoms with Gasteiger partial charge in [0, 0.05) is 24.7 Å². The molecule has 21 heavy (non-hydrogen) atoms. The summed E-state index contributed by atoms with van der Waals surface area (Å²) in [6.45, 7) is 4.04. The molecule has 110 valence electrons. The van der Waals surface area contributed by atoms with Crippen molar-refractivity contribution in [2.24, 2.45) is 0 Å². The van der Waals surface area contributed by atoms with Crippen molar-refractivity contribution in [1.82, 2.24) is 14.9 Å². The van der Waals surface area contributed by atoms with Gasteiger partial charge in [0.15, 0.2) is 0 Å². The van der Waals surface area contributed by atoms with Crippen LogP contribution in [-0.2, 0) is 13.0 Å². The summed E-state index contributed by atoms with van der Waals surface area (Å²) in [7, 11) is 0.